The third-order valence-corrected chi connectivity index (χ3v) is 3.06. The minimum Gasteiger partial charge on any atom is -0.480 e. The highest BCUT2D eigenvalue weighted by Crippen LogP contribution is 2.24. The van der Waals surface area contributed by atoms with Gasteiger partial charge in [0.2, 0.25) is 0 Å². The van der Waals surface area contributed by atoms with Crippen molar-refractivity contribution in [1.29, 1.82) is 5.26 Å². The zero-order chi connectivity index (χ0) is 13.7. The molecule has 96 valence electrons. The van der Waals surface area contributed by atoms with Gasteiger partial charge in [-0.3, -0.25) is 4.79 Å². The summed E-state index contributed by atoms with van der Waals surface area (Å²) in [6.07, 6.45) is 0.868. The van der Waals surface area contributed by atoms with E-state index in [2.05, 4.69) is 6.07 Å². The number of hydrogen-bond acceptors (Lipinski definition) is 3. The predicted octanol–water partition coefficient (Wildman–Crippen LogP) is 2.56. The molecule has 0 aliphatic rings. The maximum atomic E-state index is 10.9. The van der Waals surface area contributed by atoms with Gasteiger partial charge in [0.1, 0.15) is 6.54 Å². The maximum Gasteiger partial charge on any atom is 0.323 e. The molecule has 0 heterocycles. The number of carboxylic acid groups (broad SMARTS) is 1. The summed E-state index contributed by atoms with van der Waals surface area (Å²) in [6.45, 7) is 5.90. The molecule has 0 fully saturated rings. The zero-order valence-electron chi connectivity index (χ0n) is 11.0. The van der Waals surface area contributed by atoms with Crippen molar-refractivity contribution in [2.24, 2.45) is 0 Å². The molecular weight excluding hydrogens is 228 g/mol. The van der Waals surface area contributed by atoms with E-state index in [1.165, 1.54) is 0 Å². The highest BCUT2D eigenvalue weighted by Gasteiger charge is 2.18. The number of carbonyl (C=O) groups is 1. The van der Waals surface area contributed by atoms with Crippen molar-refractivity contribution in [3.8, 4) is 6.07 Å². The highest BCUT2D eigenvalue weighted by molar-refractivity contribution is 5.74. The molecule has 1 atom stereocenters. The van der Waals surface area contributed by atoms with Crippen molar-refractivity contribution in [1.82, 2.24) is 0 Å². The van der Waals surface area contributed by atoms with Gasteiger partial charge in [-0.05, 0) is 44.0 Å². The van der Waals surface area contributed by atoms with Crippen LogP contribution < -0.4 is 4.90 Å². The first kappa shape index (κ1) is 14.0. The van der Waals surface area contributed by atoms with Crippen molar-refractivity contribution in [3.63, 3.8) is 0 Å². The van der Waals surface area contributed by atoms with E-state index in [-0.39, 0.29) is 12.6 Å². The molecular formula is C14H18N2O2. The minimum absolute atomic E-state index is 0.0260. The van der Waals surface area contributed by atoms with Crippen LogP contribution in [-0.4, -0.2) is 23.7 Å². The SMILES string of the molecule is CCC(C)N(CC(=O)O)c1ccc(C#N)cc1C. The summed E-state index contributed by atoms with van der Waals surface area (Å²) in [5.74, 6) is -0.848. The first-order valence-electron chi connectivity index (χ1n) is 5.98. The van der Waals surface area contributed by atoms with Gasteiger partial charge in [0.25, 0.3) is 0 Å². The fourth-order valence-electron chi connectivity index (χ4n) is 1.89. The Labute approximate surface area is 107 Å². The van der Waals surface area contributed by atoms with Crippen LogP contribution in [0.3, 0.4) is 0 Å². The van der Waals surface area contributed by atoms with E-state index in [0.29, 0.717) is 5.56 Å². The van der Waals surface area contributed by atoms with Crippen LogP contribution in [0.2, 0.25) is 0 Å². The molecule has 0 saturated carbocycles. The Morgan fingerprint density at radius 3 is 2.67 bits per heavy atom. The first-order valence-corrected chi connectivity index (χ1v) is 5.98. The molecule has 1 rings (SSSR count). The van der Waals surface area contributed by atoms with Crippen molar-refractivity contribution in [2.45, 2.75) is 33.2 Å². The summed E-state index contributed by atoms with van der Waals surface area (Å²) >= 11 is 0. The predicted molar refractivity (Wildman–Crippen MR) is 70.6 cm³/mol. The lowest BCUT2D eigenvalue weighted by molar-refractivity contribution is -0.135. The third kappa shape index (κ3) is 3.24. The van der Waals surface area contributed by atoms with Crippen molar-refractivity contribution < 1.29 is 9.90 Å². The van der Waals surface area contributed by atoms with Gasteiger partial charge in [-0.1, -0.05) is 6.92 Å². The summed E-state index contributed by atoms with van der Waals surface area (Å²) in [7, 11) is 0. The van der Waals surface area contributed by atoms with Gasteiger partial charge in [0.05, 0.1) is 11.6 Å². The van der Waals surface area contributed by atoms with Crippen LogP contribution in [0.1, 0.15) is 31.4 Å². The van der Waals surface area contributed by atoms with Crippen LogP contribution in [0.25, 0.3) is 0 Å². The van der Waals surface area contributed by atoms with E-state index in [0.717, 1.165) is 17.7 Å². The molecule has 0 bridgehead atoms. The summed E-state index contributed by atoms with van der Waals surface area (Å²) in [4.78, 5) is 12.8. The van der Waals surface area contributed by atoms with Crippen molar-refractivity contribution in [3.05, 3.63) is 29.3 Å². The number of aryl methyl sites for hydroxylation is 1. The Hall–Kier alpha value is -2.02. The summed E-state index contributed by atoms with van der Waals surface area (Å²) in [6, 6.07) is 7.56. The molecule has 4 heteroatoms. The van der Waals surface area contributed by atoms with Gasteiger partial charge in [-0.2, -0.15) is 5.26 Å². The molecule has 1 aromatic rings. The van der Waals surface area contributed by atoms with Crippen LogP contribution in [0, 0.1) is 18.3 Å². The number of rotatable bonds is 5. The Bertz CT molecular complexity index is 477. The fourth-order valence-corrected chi connectivity index (χ4v) is 1.89. The Morgan fingerprint density at radius 2 is 2.22 bits per heavy atom. The molecule has 1 unspecified atom stereocenters. The maximum absolute atomic E-state index is 10.9. The van der Waals surface area contributed by atoms with E-state index in [4.69, 9.17) is 10.4 Å². The Kier molecular flexibility index (Phi) is 4.73. The number of nitrogens with zero attached hydrogens (tertiary/aromatic N) is 2. The highest BCUT2D eigenvalue weighted by atomic mass is 16.4. The Balaban J connectivity index is 3.13. The second-order valence-corrected chi connectivity index (χ2v) is 4.39. The van der Waals surface area contributed by atoms with Gasteiger partial charge < -0.3 is 10.0 Å². The van der Waals surface area contributed by atoms with Crippen LogP contribution in [0.5, 0.6) is 0 Å². The summed E-state index contributed by atoms with van der Waals surface area (Å²) in [5, 5.41) is 17.8. The largest absolute Gasteiger partial charge is 0.480 e. The van der Waals surface area contributed by atoms with Crippen molar-refractivity contribution >= 4 is 11.7 Å². The normalized spacial score (nSPS) is 11.7. The van der Waals surface area contributed by atoms with Crippen LogP contribution in [-0.2, 0) is 4.79 Å². The fraction of sp³-hybridized carbons (Fsp3) is 0.429. The van der Waals surface area contributed by atoms with E-state index in [9.17, 15) is 4.79 Å². The van der Waals surface area contributed by atoms with Gasteiger partial charge >= 0.3 is 5.97 Å². The second-order valence-electron chi connectivity index (χ2n) is 4.39. The van der Waals surface area contributed by atoms with Gasteiger partial charge in [0, 0.05) is 11.7 Å². The molecule has 1 N–H and O–H groups in total. The molecule has 0 aliphatic carbocycles. The molecule has 1 aromatic carbocycles. The Morgan fingerprint density at radius 1 is 1.56 bits per heavy atom. The molecule has 18 heavy (non-hydrogen) atoms. The number of benzene rings is 1. The molecule has 0 spiro atoms. The van der Waals surface area contributed by atoms with E-state index >= 15 is 0 Å². The molecule has 4 nitrogen and oxygen atoms in total. The van der Waals surface area contributed by atoms with Crippen LogP contribution >= 0.6 is 0 Å². The number of hydrogen-bond donors (Lipinski definition) is 1. The number of anilines is 1. The van der Waals surface area contributed by atoms with E-state index < -0.39 is 5.97 Å². The topological polar surface area (TPSA) is 64.3 Å². The number of nitriles is 1. The van der Waals surface area contributed by atoms with Gasteiger partial charge in [-0.25, -0.2) is 0 Å². The third-order valence-electron chi connectivity index (χ3n) is 3.06. The molecule has 0 amide bonds. The molecule has 0 aliphatic heterocycles. The quantitative estimate of drug-likeness (QED) is 0.867. The zero-order valence-corrected chi connectivity index (χ0v) is 11.0. The van der Waals surface area contributed by atoms with Gasteiger partial charge in [-0.15, -0.1) is 0 Å². The molecule has 0 radical (unpaired) electrons. The van der Waals surface area contributed by atoms with Crippen LogP contribution in [0.15, 0.2) is 18.2 Å². The lowest BCUT2D eigenvalue weighted by atomic mass is 10.1. The van der Waals surface area contributed by atoms with Crippen molar-refractivity contribution in [2.75, 3.05) is 11.4 Å². The minimum atomic E-state index is -0.848. The molecule has 0 aromatic heterocycles. The first-order chi connectivity index (χ1) is 8.49. The number of carboxylic acids is 1. The lowest BCUT2D eigenvalue weighted by Gasteiger charge is -2.30. The standard InChI is InChI=1S/C14H18N2O2/c1-4-11(3)16(9-14(17)18)13-6-5-12(8-15)7-10(13)2/h5-7,11H,4,9H2,1-3H3,(H,17,18). The van der Waals surface area contributed by atoms with Crippen LogP contribution in [0.4, 0.5) is 5.69 Å². The lowest BCUT2D eigenvalue weighted by Crippen LogP contribution is -2.37. The summed E-state index contributed by atoms with van der Waals surface area (Å²) < 4.78 is 0. The second kappa shape index (κ2) is 6.06. The summed E-state index contributed by atoms with van der Waals surface area (Å²) in [5.41, 5.74) is 2.40. The average Bonchev–Trinajstić information content (AvgIpc) is 2.35. The molecule has 0 saturated heterocycles. The monoisotopic (exact) mass is 246 g/mol. The van der Waals surface area contributed by atoms with E-state index in [1.807, 2.05) is 31.7 Å². The number of aliphatic carboxylic acids is 1. The smallest absolute Gasteiger partial charge is 0.323 e. The van der Waals surface area contributed by atoms with Gasteiger partial charge in [0.15, 0.2) is 0 Å². The van der Waals surface area contributed by atoms with E-state index in [1.54, 1.807) is 12.1 Å². The average molecular weight is 246 g/mol.